The van der Waals surface area contributed by atoms with Crippen molar-refractivity contribution >= 4 is 11.0 Å². The summed E-state index contributed by atoms with van der Waals surface area (Å²) >= 11 is 0. The molecule has 2 aromatic carbocycles. The first-order chi connectivity index (χ1) is 19.0. The molecule has 0 aliphatic carbocycles. The maximum absolute atomic E-state index is 13.5. The minimum atomic E-state index is -1.76. The molecule has 0 radical (unpaired) electrons. The first-order valence-electron chi connectivity index (χ1n) is 12.3. The highest BCUT2D eigenvalue weighted by Gasteiger charge is 2.44. The van der Waals surface area contributed by atoms with E-state index < -0.39 is 72.2 Å². The molecule has 2 aliphatic rings. The Morgan fingerprint density at radius 2 is 1.50 bits per heavy atom. The number of fused-ring (bicyclic) bond motifs is 1. The van der Waals surface area contributed by atoms with E-state index in [4.69, 9.17) is 23.4 Å². The van der Waals surface area contributed by atoms with Crippen LogP contribution in [0.15, 0.2) is 45.6 Å². The summed E-state index contributed by atoms with van der Waals surface area (Å²) in [4.78, 5) is 13.5. The van der Waals surface area contributed by atoms with E-state index in [0.29, 0.717) is 0 Å². The van der Waals surface area contributed by atoms with Crippen molar-refractivity contribution in [2.24, 2.45) is 0 Å². The fourth-order valence-electron chi connectivity index (χ4n) is 4.49. The van der Waals surface area contributed by atoms with Crippen LogP contribution in [0.3, 0.4) is 0 Å². The molecule has 2 aliphatic heterocycles. The fraction of sp³-hybridized carbons (Fsp3) is 0.423. The van der Waals surface area contributed by atoms with Gasteiger partial charge < -0.3 is 64.2 Å². The number of hydrogen-bond acceptors (Lipinski definition) is 14. The molecule has 14 nitrogen and oxygen atoms in total. The molecular formula is C26H28O14. The van der Waals surface area contributed by atoms with Gasteiger partial charge in [0.05, 0.1) is 12.7 Å². The van der Waals surface area contributed by atoms with Gasteiger partial charge in [0.15, 0.2) is 5.76 Å². The molecule has 14 heteroatoms. The lowest BCUT2D eigenvalue weighted by atomic mass is 10.00. The van der Waals surface area contributed by atoms with Crippen LogP contribution in [0, 0.1) is 0 Å². The third kappa shape index (κ3) is 5.07. The fourth-order valence-corrected chi connectivity index (χ4v) is 4.49. The van der Waals surface area contributed by atoms with Crippen LogP contribution >= 0.6 is 0 Å². The van der Waals surface area contributed by atoms with E-state index in [1.807, 2.05) is 0 Å². The first kappa shape index (κ1) is 28.1. The van der Waals surface area contributed by atoms with Crippen molar-refractivity contribution in [3.05, 3.63) is 46.6 Å². The number of aliphatic hydroxyl groups is 6. The van der Waals surface area contributed by atoms with Gasteiger partial charge in [-0.2, -0.15) is 0 Å². The second-order valence-electron chi connectivity index (χ2n) is 9.62. The van der Waals surface area contributed by atoms with Crippen LogP contribution in [0.25, 0.3) is 22.3 Å². The topological polar surface area (TPSA) is 229 Å². The molecule has 0 unspecified atom stereocenters. The van der Waals surface area contributed by atoms with E-state index in [0.717, 1.165) is 12.1 Å². The van der Waals surface area contributed by atoms with Crippen LogP contribution in [0.2, 0.25) is 0 Å². The van der Waals surface area contributed by atoms with E-state index in [-0.39, 0.29) is 40.4 Å². The number of phenolic OH excluding ortho intramolecular Hbond substituents is 2. The largest absolute Gasteiger partial charge is 0.508 e. The molecule has 0 bridgehead atoms. The number of aliphatic hydroxyl groups excluding tert-OH is 6. The van der Waals surface area contributed by atoms with Gasteiger partial charge in [-0.1, -0.05) is 0 Å². The third-order valence-electron chi connectivity index (χ3n) is 6.78. The Morgan fingerprint density at radius 1 is 0.825 bits per heavy atom. The molecule has 0 amide bonds. The lowest BCUT2D eigenvalue weighted by Gasteiger charge is -2.38. The Kier molecular flexibility index (Phi) is 7.60. The Balaban J connectivity index is 1.52. The summed E-state index contributed by atoms with van der Waals surface area (Å²) in [5.74, 6) is -1.52. The van der Waals surface area contributed by atoms with Crippen molar-refractivity contribution in [1.82, 2.24) is 0 Å². The summed E-state index contributed by atoms with van der Waals surface area (Å²) in [7, 11) is 0. The van der Waals surface area contributed by atoms with Gasteiger partial charge in [-0.3, -0.25) is 4.79 Å². The summed E-state index contributed by atoms with van der Waals surface area (Å²) in [6, 6.07) is 7.76. The highest BCUT2D eigenvalue weighted by atomic mass is 16.7. The summed E-state index contributed by atoms with van der Waals surface area (Å²) in [5.41, 5.74) is -0.849. The smallest absolute Gasteiger partial charge is 0.239 e. The van der Waals surface area contributed by atoms with Crippen LogP contribution < -0.4 is 14.9 Å². The molecule has 3 aromatic rings. The van der Waals surface area contributed by atoms with Gasteiger partial charge in [0.1, 0.15) is 64.8 Å². The number of rotatable bonds is 5. The molecule has 3 heterocycles. The number of ether oxygens (including phenoxy) is 4. The molecule has 2 fully saturated rings. The van der Waals surface area contributed by atoms with Crippen molar-refractivity contribution in [3.63, 3.8) is 0 Å². The van der Waals surface area contributed by atoms with E-state index in [2.05, 4.69) is 0 Å². The Labute approximate surface area is 225 Å². The van der Waals surface area contributed by atoms with Gasteiger partial charge >= 0.3 is 0 Å². The lowest BCUT2D eigenvalue weighted by molar-refractivity contribution is -0.268. The quantitative estimate of drug-likeness (QED) is 0.184. The van der Waals surface area contributed by atoms with Gasteiger partial charge in [-0.15, -0.1) is 0 Å². The van der Waals surface area contributed by atoms with Crippen LogP contribution in [0.1, 0.15) is 6.92 Å². The zero-order chi connectivity index (χ0) is 28.9. The molecule has 0 saturated carbocycles. The summed E-state index contributed by atoms with van der Waals surface area (Å²) < 4.78 is 27.8. The predicted octanol–water partition coefficient (Wildman–Crippen LogP) is -1.10. The second kappa shape index (κ2) is 10.8. The second-order valence-corrected chi connectivity index (χ2v) is 9.62. The number of aromatic hydroxyl groups is 2. The average molecular weight is 564 g/mol. The van der Waals surface area contributed by atoms with Gasteiger partial charge in [0.25, 0.3) is 0 Å². The molecule has 1 aromatic heterocycles. The Bertz CT molecular complexity index is 1420. The molecular weight excluding hydrogens is 536 g/mol. The molecule has 5 rings (SSSR count). The van der Waals surface area contributed by atoms with Crippen molar-refractivity contribution in [3.8, 4) is 34.3 Å². The predicted molar refractivity (Wildman–Crippen MR) is 133 cm³/mol. The zero-order valence-corrected chi connectivity index (χ0v) is 20.9. The minimum Gasteiger partial charge on any atom is -0.508 e. The minimum absolute atomic E-state index is 0.175. The molecule has 216 valence electrons. The monoisotopic (exact) mass is 564 g/mol. The van der Waals surface area contributed by atoms with Crippen LogP contribution in [0.5, 0.6) is 23.0 Å². The van der Waals surface area contributed by atoms with Gasteiger partial charge in [-0.05, 0) is 31.2 Å². The summed E-state index contributed by atoms with van der Waals surface area (Å²) in [5, 5.41) is 80.1. The molecule has 8 N–H and O–H groups in total. The Morgan fingerprint density at radius 3 is 2.20 bits per heavy atom. The lowest BCUT2D eigenvalue weighted by Crippen LogP contribution is -2.58. The number of hydrogen-bond donors (Lipinski definition) is 8. The molecule has 0 spiro atoms. The first-order valence-corrected chi connectivity index (χ1v) is 12.3. The van der Waals surface area contributed by atoms with Crippen molar-refractivity contribution in [2.75, 3.05) is 6.61 Å². The number of benzene rings is 2. The summed E-state index contributed by atoms with van der Waals surface area (Å²) in [6.45, 7) is 1.17. The highest BCUT2D eigenvalue weighted by Crippen LogP contribution is 2.37. The SMILES string of the molecule is C[C@@H]1O[C@@H](Oc2c(-c3ccc(O[C@@H]4OC[C@@H](O)[C@H](O)[C@@H]4O)cc3)oc3cc(O)cc(O)c3c2=O)[C@@H](O)[C@H](O)[C@H]1O. The maximum atomic E-state index is 13.5. The van der Waals surface area contributed by atoms with Crippen molar-refractivity contribution in [1.29, 1.82) is 0 Å². The van der Waals surface area contributed by atoms with Gasteiger partial charge in [0.2, 0.25) is 23.8 Å². The van der Waals surface area contributed by atoms with Crippen LogP contribution in [0.4, 0.5) is 0 Å². The van der Waals surface area contributed by atoms with E-state index in [9.17, 15) is 45.6 Å². The maximum Gasteiger partial charge on any atom is 0.239 e. The molecule has 2 saturated heterocycles. The standard InChI is InChI=1S/C26H28O14/c1-9-17(30)20(33)22(35)26(37-9)40-24-19(32)16-13(28)6-11(27)7-15(16)39-23(24)10-2-4-12(5-3-10)38-25-21(34)18(31)14(29)8-36-25/h2-7,9,14,17-18,20-22,25-31,33-35H,8H2,1H3/t9-,14+,17-,18-,20+,21-,22-,25-,26-/m0/s1. The van der Waals surface area contributed by atoms with Gasteiger partial charge in [-0.25, -0.2) is 0 Å². The third-order valence-corrected chi connectivity index (χ3v) is 6.78. The van der Waals surface area contributed by atoms with Crippen LogP contribution in [-0.4, -0.2) is 103 Å². The van der Waals surface area contributed by atoms with Crippen molar-refractivity contribution < 1.29 is 64.2 Å². The normalized spacial score (nSPS) is 32.6. The van der Waals surface area contributed by atoms with Gasteiger partial charge in [0, 0.05) is 17.7 Å². The van der Waals surface area contributed by atoms with Crippen LogP contribution in [-0.2, 0) is 9.47 Å². The summed E-state index contributed by atoms with van der Waals surface area (Å²) in [6.07, 6.45) is -13.0. The molecule has 9 atom stereocenters. The zero-order valence-electron chi connectivity index (χ0n) is 20.9. The number of phenols is 2. The average Bonchev–Trinajstić information content (AvgIpc) is 2.92. The van der Waals surface area contributed by atoms with E-state index in [1.165, 1.54) is 31.2 Å². The highest BCUT2D eigenvalue weighted by molar-refractivity contribution is 5.88. The van der Waals surface area contributed by atoms with E-state index in [1.54, 1.807) is 0 Å². The van der Waals surface area contributed by atoms with E-state index >= 15 is 0 Å². The van der Waals surface area contributed by atoms with Crippen molar-refractivity contribution in [2.45, 2.75) is 62.2 Å². The molecule has 40 heavy (non-hydrogen) atoms. The Hall–Kier alpha value is -3.47.